The number of hydrogen-bond acceptors (Lipinski definition) is 5. The summed E-state index contributed by atoms with van der Waals surface area (Å²) in [6.07, 6.45) is 1.68. The number of imide groups is 1. The smallest absolute Gasteiger partial charge is 0.325 e. The van der Waals surface area contributed by atoms with Gasteiger partial charge in [0.2, 0.25) is 5.91 Å². The second-order valence-corrected chi connectivity index (χ2v) is 5.38. The van der Waals surface area contributed by atoms with E-state index in [9.17, 15) is 14.4 Å². The third-order valence-corrected chi connectivity index (χ3v) is 3.98. The van der Waals surface area contributed by atoms with Crippen molar-refractivity contribution in [3.63, 3.8) is 0 Å². The van der Waals surface area contributed by atoms with Gasteiger partial charge in [-0.05, 0) is 12.0 Å². The topological polar surface area (TPSA) is 105 Å². The van der Waals surface area contributed by atoms with Crippen molar-refractivity contribution in [3.05, 3.63) is 48.2 Å². The van der Waals surface area contributed by atoms with Gasteiger partial charge in [-0.2, -0.15) is 0 Å². The van der Waals surface area contributed by atoms with Crippen LogP contribution < -0.4 is 10.6 Å². The van der Waals surface area contributed by atoms with Gasteiger partial charge in [0.25, 0.3) is 5.91 Å². The Kier molecular flexibility index (Phi) is 4.03. The standard InChI is InChI=1S/C16H16N4O4/c1-2-16(11-6-4-3-5-7-11)14(22)20(15(23)18-16)10-13(21)17-12-8-9-24-19-12/h3-9H,2,10H2,1H3,(H,18,23)(H,17,19,21)/t16-/m1/s1. The number of urea groups is 1. The third kappa shape index (κ3) is 2.62. The third-order valence-electron chi connectivity index (χ3n) is 3.98. The average molecular weight is 328 g/mol. The molecule has 2 N–H and O–H groups in total. The van der Waals surface area contributed by atoms with Crippen molar-refractivity contribution in [2.24, 2.45) is 0 Å². The van der Waals surface area contributed by atoms with Crippen LogP contribution in [0, 0.1) is 0 Å². The fourth-order valence-corrected chi connectivity index (χ4v) is 2.73. The fourth-order valence-electron chi connectivity index (χ4n) is 2.73. The minimum Gasteiger partial charge on any atom is -0.363 e. The minimum atomic E-state index is -1.15. The molecule has 24 heavy (non-hydrogen) atoms. The van der Waals surface area contributed by atoms with Gasteiger partial charge in [-0.3, -0.25) is 14.5 Å². The first kappa shape index (κ1) is 15.7. The lowest BCUT2D eigenvalue weighted by Gasteiger charge is -2.25. The molecule has 8 heteroatoms. The van der Waals surface area contributed by atoms with Crippen molar-refractivity contribution in [2.75, 3.05) is 11.9 Å². The summed E-state index contributed by atoms with van der Waals surface area (Å²) in [5, 5.41) is 8.73. The number of carbonyl (C=O) groups is 3. The van der Waals surface area contributed by atoms with Crippen LogP contribution in [0.1, 0.15) is 18.9 Å². The van der Waals surface area contributed by atoms with Gasteiger partial charge in [-0.1, -0.05) is 42.4 Å². The van der Waals surface area contributed by atoms with E-state index in [0.717, 1.165) is 4.90 Å². The van der Waals surface area contributed by atoms with Crippen LogP contribution in [0.15, 0.2) is 47.2 Å². The van der Waals surface area contributed by atoms with E-state index in [1.807, 2.05) is 13.0 Å². The first-order valence-electron chi connectivity index (χ1n) is 7.46. The molecule has 3 rings (SSSR count). The molecule has 1 fully saturated rings. The molecule has 1 aromatic carbocycles. The SMILES string of the molecule is CC[C@]1(c2ccccc2)NC(=O)N(CC(=O)Nc2ccon2)C1=O. The van der Waals surface area contributed by atoms with Crippen LogP contribution in [-0.4, -0.2) is 34.4 Å². The number of nitrogens with one attached hydrogen (secondary N) is 2. The Morgan fingerprint density at radius 2 is 2.04 bits per heavy atom. The minimum absolute atomic E-state index is 0.219. The van der Waals surface area contributed by atoms with Gasteiger partial charge in [0.05, 0.1) is 0 Å². The monoisotopic (exact) mass is 328 g/mol. The fraction of sp³-hybridized carbons (Fsp3) is 0.250. The molecule has 1 aliphatic heterocycles. The summed E-state index contributed by atoms with van der Waals surface area (Å²) >= 11 is 0. The largest absolute Gasteiger partial charge is 0.363 e. The second kappa shape index (κ2) is 6.15. The zero-order valence-corrected chi connectivity index (χ0v) is 13.0. The van der Waals surface area contributed by atoms with E-state index in [2.05, 4.69) is 20.3 Å². The number of amides is 4. The molecule has 1 aromatic heterocycles. The Morgan fingerprint density at radius 1 is 1.29 bits per heavy atom. The summed E-state index contributed by atoms with van der Waals surface area (Å²) in [6, 6.07) is 9.85. The van der Waals surface area contributed by atoms with Crippen LogP contribution >= 0.6 is 0 Å². The van der Waals surface area contributed by atoms with Gasteiger partial charge in [0.1, 0.15) is 18.3 Å². The highest BCUT2D eigenvalue weighted by atomic mass is 16.5. The van der Waals surface area contributed by atoms with E-state index >= 15 is 0 Å². The van der Waals surface area contributed by atoms with Gasteiger partial charge in [-0.15, -0.1) is 0 Å². The van der Waals surface area contributed by atoms with Gasteiger partial charge in [0, 0.05) is 6.07 Å². The molecule has 0 spiro atoms. The molecule has 8 nitrogen and oxygen atoms in total. The maximum atomic E-state index is 12.8. The molecular weight excluding hydrogens is 312 g/mol. The summed E-state index contributed by atoms with van der Waals surface area (Å²) in [7, 11) is 0. The van der Waals surface area contributed by atoms with E-state index in [4.69, 9.17) is 0 Å². The molecule has 4 amide bonds. The number of rotatable bonds is 5. The normalized spacial score (nSPS) is 20.1. The Morgan fingerprint density at radius 3 is 2.67 bits per heavy atom. The quantitative estimate of drug-likeness (QED) is 0.809. The van der Waals surface area contributed by atoms with E-state index in [1.54, 1.807) is 24.3 Å². The molecule has 2 aromatic rings. The van der Waals surface area contributed by atoms with Crippen molar-refractivity contribution >= 4 is 23.7 Å². The molecule has 0 saturated carbocycles. The van der Waals surface area contributed by atoms with Crippen molar-refractivity contribution in [3.8, 4) is 0 Å². The number of hydrogen-bond donors (Lipinski definition) is 2. The summed E-state index contributed by atoms with van der Waals surface area (Å²) < 4.78 is 4.61. The molecule has 0 bridgehead atoms. The second-order valence-electron chi connectivity index (χ2n) is 5.38. The predicted octanol–water partition coefficient (Wildman–Crippen LogP) is 1.47. The molecule has 1 aliphatic rings. The van der Waals surface area contributed by atoms with Gasteiger partial charge in [-0.25, -0.2) is 4.79 Å². The Balaban J connectivity index is 1.79. The van der Waals surface area contributed by atoms with Gasteiger partial charge >= 0.3 is 6.03 Å². The molecule has 2 heterocycles. The van der Waals surface area contributed by atoms with Crippen molar-refractivity contribution in [1.82, 2.24) is 15.4 Å². The summed E-state index contributed by atoms with van der Waals surface area (Å²) in [5.41, 5.74) is -0.461. The highest BCUT2D eigenvalue weighted by Crippen LogP contribution is 2.32. The number of anilines is 1. The van der Waals surface area contributed by atoms with Crippen LogP contribution in [0.4, 0.5) is 10.6 Å². The Labute approximate surface area is 137 Å². The van der Waals surface area contributed by atoms with Crippen molar-refractivity contribution in [2.45, 2.75) is 18.9 Å². The molecule has 0 unspecified atom stereocenters. The zero-order valence-electron chi connectivity index (χ0n) is 13.0. The maximum absolute atomic E-state index is 12.8. The Bertz CT molecular complexity index is 760. The summed E-state index contributed by atoms with van der Waals surface area (Å²) in [4.78, 5) is 38.0. The molecular formula is C16H16N4O4. The van der Waals surface area contributed by atoms with E-state index < -0.39 is 29.9 Å². The zero-order chi connectivity index (χ0) is 17.2. The average Bonchev–Trinajstić information content (AvgIpc) is 3.18. The lowest BCUT2D eigenvalue weighted by atomic mass is 9.87. The lowest BCUT2D eigenvalue weighted by Crippen LogP contribution is -2.44. The molecule has 1 atom stereocenters. The van der Waals surface area contributed by atoms with E-state index in [-0.39, 0.29) is 5.82 Å². The molecule has 1 saturated heterocycles. The molecule has 124 valence electrons. The number of nitrogens with zero attached hydrogens (tertiary/aromatic N) is 2. The van der Waals surface area contributed by atoms with E-state index in [1.165, 1.54) is 12.3 Å². The van der Waals surface area contributed by atoms with Gasteiger partial charge < -0.3 is 15.2 Å². The van der Waals surface area contributed by atoms with Crippen molar-refractivity contribution < 1.29 is 18.9 Å². The number of aromatic nitrogens is 1. The van der Waals surface area contributed by atoms with Gasteiger partial charge in [0.15, 0.2) is 5.82 Å². The van der Waals surface area contributed by atoms with Crippen LogP contribution in [-0.2, 0) is 15.1 Å². The van der Waals surface area contributed by atoms with Crippen LogP contribution in [0.3, 0.4) is 0 Å². The van der Waals surface area contributed by atoms with E-state index in [0.29, 0.717) is 12.0 Å². The van der Waals surface area contributed by atoms with Crippen LogP contribution in [0.25, 0.3) is 0 Å². The maximum Gasteiger partial charge on any atom is 0.325 e. The lowest BCUT2D eigenvalue weighted by molar-refractivity contribution is -0.134. The first-order valence-corrected chi connectivity index (χ1v) is 7.46. The Hall–Kier alpha value is -3.16. The summed E-state index contributed by atoms with van der Waals surface area (Å²) in [6.45, 7) is 1.41. The summed E-state index contributed by atoms with van der Waals surface area (Å²) in [5.74, 6) is -0.763. The highest BCUT2D eigenvalue weighted by Gasteiger charge is 2.51. The number of benzene rings is 1. The molecule has 0 aliphatic carbocycles. The molecule has 0 radical (unpaired) electrons. The van der Waals surface area contributed by atoms with Crippen LogP contribution in [0.2, 0.25) is 0 Å². The predicted molar refractivity (Wildman–Crippen MR) is 83.8 cm³/mol. The first-order chi connectivity index (χ1) is 11.6. The number of carbonyl (C=O) groups excluding carboxylic acids is 3. The van der Waals surface area contributed by atoms with Crippen molar-refractivity contribution in [1.29, 1.82) is 0 Å². The highest BCUT2D eigenvalue weighted by molar-refractivity contribution is 6.10. The van der Waals surface area contributed by atoms with Crippen LogP contribution in [0.5, 0.6) is 0 Å².